The van der Waals surface area contributed by atoms with E-state index in [9.17, 15) is 19.1 Å². The topological polar surface area (TPSA) is 98.2 Å². The molecular weight excluding hydrogens is 559 g/mol. The van der Waals surface area contributed by atoms with Crippen LogP contribution in [0.15, 0.2) is 66.2 Å². The Morgan fingerprint density at radius 2 is 1.76 bits per heavy atom. The Bertz CT molecular complexity index is 1650. The van der Waals surface area contributed by atoms with Gasteiger partial charge < -0.3 is 19.3 Å². The highest BCUT2D eigenvalue weighted by atomic mass is 32.1. The number of ether oxygens (including phenoxy) is 3. The zero-order chi connectivity index (χ0) is 29.8. The Morgan fingerprint density at radius 3 is 2.48 bits per heavy atom. The average molecular weight is 591 g/mol. The maximum absolute atomic E-state index is 14.0. The highest BCUT2D eigenvalue weighted by Gasteiger charge is 2.48. The number of unbranched alkanes of at least 4 members (excludes halogenated alkanes) is 1. The molecule has 5 rings (SSSR count). The molecule has 1 atom stereocenters. The number of amides is 1. The van der Waals surface area contributed by atoms with Crippen molar-refractivity contribution in [3.63, 3.8) is 0 Å². The van der Waals surface area contributed by atoms with Crippen LogP contribution < -0.4 is 19.1 Å². The first-order valence-corrected chi connectivity index (χ1v) is 14.6. The van der Waals surface area contributed by atoms with Crippen molar-refractivity contribution in [3.05, 3.63) is 83.2 Å². The van der Waals surface area contributed by atoms with Gasteiger partial charge in [-0.15, -0.1) is 0 Å². The maximum atomic E-state index is 14.0. The number of rotatable bonds is 11. The van der Waals surface area contributed by atoms with Crippen LogP contribution in [0, 0.1) is 5.82 Å². The second kappa shape index (κ2) is 12.6. The van der Waals surface area contributed by atoms with Gasteiger partial charge in [0.1, 0.15) is 17.3 Å². The Hall–Kier alpha value is -4.44. The fourth-order valence-electron chi connectivity index (χ4n) is 4.72. The molecule has 1 fully saturated rings. The molecule has 4 aromatic rings. The standard InChI is InChI=1S/C32H31FN2O6S/c1-4-6-16-41-24-14-9-20(17-25(24)39-3)28-27(29(36)19-7-11-22(12-8-19)40-15-5-2)30(37)31(38)35(28)32-34-23-13-10-21(33)18-26(23)42-32/h7-14,17-18,28,36H,4-6,15-16H2,1-3H3/b29-27+. The van der Waals surface area contributed by atoms with Crippen molar-refractivity contribution in [1.82, 2.24) is 4.98 Å². The lowest BCUT2D eigenvalue weighted by Gasteiger charge is -2.24. The first-order chi connectivity index (χ1) is 20.4. The van der Waals surface area contributed by atoms with E-state index in [0.29, 0.717) is 51.8 Å². The number of carbonyl (C=O) groups excluding carboxylic acids is 2. The van der Waals surface area contributed by atoms with E-state index < -0.39 is 23.5 Å². The molecule has 0 bridgehead atoms. The Balaban J connectivity index is 1.64. The third kappa shape index (κ3) is 5.67. The molecule has 8 nitrogen and oxygen atoms in total. The van der Waals surface area contributed by atoms with E-state index in [-0.39, 0.29) is 16.5 Å². The van der Waals surface area contributed by atoms with Crippen LogP contribution in [0.2, 0.25) is 0 Å². The second-order valence-corrected chi connectivity index (χ2v) is 10.8. The minimum absolute atomic E-state index is 0.102. The SMILES string of the molecule is CCCCOc1ccc(C2/C(=C(\O)c3ccc(OCCC)cc3)C(=O)C(=O)N2c2nc3ccc(F)cc3s2)cc1OC. The largest absolute Gasteiger partial charge is 0.507 e. The fourth-order valence-corrected chi connectivity index (χ4v) is 5.74. The number of anilines is 1. The van der Waals surface area contributed by atoms with Crippen LogP contribution in [-0.4, -0.2) is 42.1 Å². The molecule has 1 unspecified atom stereocenters. The third-order valence-electron chi connectivity index (χ3n) is 6.85. The number of Topliss-reactive ketones (excluding diaryl/α,β-unsaturated/α-hetero) is 1. The number of carbonyl (C=O) groups is 2. The van der Waals surface area contributed by atoms with Crippen molar-refractivity contribution >= 4 is 44.1 Å². The van der Waals surface area contributed by atoms with Crippen LogP contribution in [0.25, 0.3) is 16.0 Å². The summed E-state index contributed by atoms with van der Waals surface area (Å²) in [5.74, 6) is -0.940. The van der Waals surface area contributed by atoms with E-state index >= 15 is 0 Å². The quantitative estimate of drug-likeness (QED) is 0.0866. The van der Waals surface area contributed by atoms with Gasteiger partial charge in [0.25, 0.3) is 5.78 Å². The van der Waals surface area contributed by atoms with Gasteiger partial charge in [-0.05, 0) is 73.0 Å². The van der Waals surface area contributed by atoms with Gasteiger partial charge in [0.2, 0.25) is 0 Å². The van der Waals surface area contributed by atoms with Crippen molar-refractivity contribution < 1.29 is 33.3 Å². The van der Waals surface area contributed by atoms with Crippen LogP contribution in [0.5, 0.6) is 17.2 Å². The number of aliphatic hydroxyl groups is 1. The number of thiazole rings is 1. The van der Waals surface area contributed by atoms with Gasteiger partial charge in [-0.2, -0.15) is 0 Å². The van der Waals surface area contributed by atoms with Crippen molar-refractivity contribution in [1.29, 1.82) is 0 Å². The lowest BCUT2D eigenvalue weighted by Crippen LogP contribution is -2.29. The summed E-state index contributed by atoms with van der Waals surface area (Å²) >= 11 is 1.08. The highest BCUT2D eigenvalue weighted by molar-refractivity contribution is 7.22. The van der Waals surface area contributed by atoms with Crippen molar-refractivity contribution in [3.8, 4) is 17.2 Å². The van der Waals surface area contributed by atoms with Gasteiger partial charge in [0.15, 0.2) is 16.6 Å². The monoisotopic (exact) mass is 590 g/mol. The molecule has 10 heteroatoms. The highest BCUT2D eigenvalue weighted by Crippen LogP contribution is 2.46. The number of methoxy groups -OCH3 is 1. The molecule has 1 aliphatic heterocycles. The van der Waals surface area contributed by atoms with Gasteiger partial charge in [-0.25, -0.2) is 9.37 Å². The summed E-state index contributed by atoms with van der Waals surface area (Å²) in [6.45, 7) is 5.11. The van der Waals surface area contributed by atoms with E-state index in [1.54, 1.807) is 42.5 Å². The Kier molecular flexibility index (Phi) is 8.72. The summed E-state index contributed by atoms with van der Waals surface area (Å²) in [4.78, 5) is 33.0. The van der Waals surface area contributed by atoms with E-state index in [4.69, 9.17) is 14.2 Å². The second-order valence-electron chi connectivity index (χ2n) is 9.76. The molecular formula is C32H31FN2O6S. The minimum atomic E-state index is -1.04. The molecule has 42 heavy (non-hydrogen) atoms. The molecule has 3 aromatic carbocycles. The van der Waals surface area contributed by atoms with Crippen LogP contribution in [-0.2, 0) is 9.59 Å². The molecule has 0 saturated carbocycles. The molecule has 0 spiro atoms. The number of benzene rings is 3. The summed E-state index contributed by atoms with van der Waals surface area (Å²) < 4.78 is 31.6. The summed E-state index contributed by atoms with van der Waals surface area (Å²) in [6.07, 6.45) is 2.67. The van der Waals surface area contributed by atoms with Crippen molar-refractivity contribution in [2.75, 3.05) is 25.2 Å². The Labute approximate surface area is 247 Å². The predicted molar refractivity (Wildman–Crippen MR) is 160 cm³/mol. The maximum Gasteiger partial charge on any atom is 0.301 e. The molecule has 1 aliphatic rings. The number of hydrogen-bond donors (Lipinski definition) is 1. The van der Waals surface area contributed by atoms with Crippen LogP contribution in [0.3, 0.4) is 0 Å². The third-order valence-corrected chi connectivity index (χ3v) is 7.87. The number of halogens is 1. The Morgan fingerprint density at radius 1 is 0.976 bits per heavy atom. The lowest BCUT2D eigenvalue weighted by atomic mass is 9.95. The van der Waals surface area contributed by atoms with Crippen molar-refractivity contribution in [2.24, 2.45) is 0 Å². The van der Waals surface area contributed by atoms with E-state index in [1.165, 1.54) is 30.2 Å². The molecule has 1 aromatic heterocycles. The molecule has 0 aliphatic carbocycles. The normalized spacial score (nSPS) is 16.3. The smallest absolute Gasteiger partial charge is 0.301 e. The summed E-state index contributed by atoms with van der Waals surface area (Å²) in [5, 5.41) is 11.7. The number of aromatic nitrogens is 1. The summed E-state index contributed by atoms with van der Waals surface area (Å²) in [5.41, 5.74) is 1.23. The van der Waals surface area contributed by atoms with Gasteiger partial charge in [0, 0.05) is 5.56 Å². The molecule has 0 radical (unpaired) electrons. The fraction of sp³-hybridized carbons (Fsp3) is 0.281. The van der Waals surface area contributed by atoms with E-state index in [1.807, 2.05) is 6.92 Å². The van der Waals surface area contributed by atoms with Gasteiger partial charge in [-0.3, -0.25) is 14.5 Å². The van der Waals surface area contributed by atoms with Gasteiger partial charge in [0.05, 0.1) is 42.2 Å². The zero-order valence-corrected chi connectivity index (χ0v) is 24.4. The van der Waals surface area contributed by atoms with E-state index in [2.05, 4.69) is 11.9 Å². The minimum Gasteiger partial charge on any atom is -0.507 e. The first-order valence-electron chi connectivity index (χ1n) is 13.8. The summed E-state index contributed by atoms with van der Waals surface area (Å²) in [6, 6.07) is 14.9. The average Bonchev–Trinajstić information content (AvgIpc) is 3.53. The number of hydrogen-bond acceptors (Lipinski definition) is 8. The van der Waals surface area contributed by atoms with Crippen LogP contribution >= 0.6 is 11.3 Å². The number of nitrogens with zero attached hydrogens (tertiary/aromatic N) is 2. The van der Waals surface area contributed by atoms with Crippen molar-refractivity contribution in [2.45, 2.75) is 39.2 Å². The number of aliphatic hydroxyl groups excluding tert-OH is 1. The number of fused-ring (bicyclic) bond motifs is 1. The molecule has 1 N–H and O–H groups in total. The lowest BCUT2D eigenvalue weighted by molar-refractivity contribution is -0.132. The molecule has 2 heterocycles. The number of ketones is 1. The predicted octanol–water partition coefficient (Wildman–Crippen LogP) is 7.04. The van der Waals surface area contributed by atoms with Crippen LogP contribution in [0.4, 0.5) is 9.52 Å². The summed E-state index contributed by atoms with van der Waals surface area (Å²) in [7, 11) is 1.51. The van der Waals surface area contributed by atoms with Gasteiger partial charge in [-0.1, -0.05) is 37.7 Å². The first kappa shape index (κ1) is 29.1. The molecule has 1 amide bonds. The van der Waals surface area contributed by atoms with E-state index in [0.717, 1.165) is 30.6 Å². The van der Waals surface area contributed by atoms with Crippen LogP contribution in [0.1, 0.15) is 50.3 Å². The zero-order valence-electron chi connectivity index (χ0n) is 23.6. The molecule has 218 valence electrons. The molecule has 1 saturated heterocycles. The van der Waals surface area contributed by atoms with Gasteiger partial charge >= 0.3 is 5.91 Å².